The lowest BCUT2D eigenvalue weighted by molar-refractivity contribution is -0.142. The van der Waals surface area contributed by atoms with Crippen molar-refractivity contribution in [1.29, 1.82) is 0 Å². The van der Waals surface area contributed by atoms with E-state index in [0.29, 0.717) is 51.6 Å². The first-order chi connectivity index (χ1) is 23.2. The summed E-state index contributed by atoms with van der Waals surface area (Å²) in [6.07, 6.45) is 4.06. The molecular formula is C37H51N5O6. The van der Waals surface area contributed by atoms with Crippen molar-refractivity contribution in [3.63, 3.8) is 0 Å². The van der Waals surface area contributed by atoms with E-state index in [1.165, 1.54) is 0 Å². The zero-order chi connectivity index (χ0) is 33.8. The summed E-state index contributed by atoms with van der Waals surface area (Å²) in [7, 11) is 1.65. The number of rotatable bonds is 7. The van der Waals surface area contributed by atoms with Gasteiger partial charge in [-0.15, -0.1) is 0 Å². The highest BCUT2D eigenvalue weighted by Gasteiger charge is 2.36. The van der Waals surface area contributed by atoms with Crippen LogP contribution in [-0.2, 0) is 22.4 Å². The van der Waals surface area contributed by atoms with Crippen LogP contribution in [-0.4, -0.2) is 120 Å². The van der Waals surface area contributed by atoms with Gasteiger partial charge in [-0.1, -0.05) is 30.3 Å². The van der Waals surface area contributed by atoms with Crippen LogP contribution in [0.15, 0.2) is 36.4 Å². The van der Waals surface area contributed by atoms with Crippen LogP contribution in [0.5, 0.6) is 5.75 Å². The van der Waals surface area contributed by atoms with Crippen LogP contribution in [0.25, 0.3) is 0 Å². The molecule has 4 aliphatic heterocycles. The maximum atomic E-state index is 14.1. The molecule has 4 aliphatic rings. The van der Waals surface area contributed by atoms with E-state index in [-0.39, 0.29) is 30.5 Å². The van der Waals surface area contributed by atoms with Crippen molar-refractivity contribution >= 4 is 23.7 Å². The number of ether oxygens (including phenoxy) is 2. The van der Waals surface area contributed by atoms with Crippen molar-refractivity contribution in [3.8, 4) is 5.75 Å². The summed E-state index contributed by atoms with van der Waals surface area (Å²) in [6.45, 7) is 8.52. The molecule has 11 nitrogen and oxygen atoms in total. The molecule has 6 rings (SSSR count). The second kappa shape index (κ2) is 15.2. The molecule has 0 radical (unpaired) electrons. The van der Waals surface area contributed by atoms with Gasteiger partial charge in [-0.25, -0.2) is 9.59 Å². The minimum Gasteiger partial charge on any atom is -0.496 e. The Bertz CT molecular complexity index is 1440. The number of benzene rings is 2. The van der Waals surface area contributed by atoms with Crippen molar-refractivity contribution in [2.24, 2.45) is 0 Å². The highest BCUT2D eigenvalue weighted by molar-refractivity contribution is 5.91. The molecule has 11 heteroatoms. The fourth-order valence-corrected chi connectivity index (χ4v) is 8.07. The quantitative estimate of drug-likeness (QED) is 0.453. The Morgan fingerprint density at radius 2 is 1.50 bits per heavy atom. The van der Waals surface area contributed by atoms with Crippen LogP contribution < -0.4 is 10.1 Å². The average Bonchev–Trinajstić information content (AvgIpc) is 3.26. The summed E-state index contributed by atoms with van der Waals surface area (Å²) in [5.41, 5.74) is 4.86. The van der Waals surface area contributed by atoms with E-state index in [4.69, 9.17) is 9.47 Å². The number of carbonyl (C=O) groups excluding carboxylic acids is 3. The van der Waals surface area contributed by atoms with Crippen LogP contribution in [0.1, 0.15) is 60.8 Å². The monoisotopic (exact) mass is 661 g/mol. The molecule has 0 aliphatic carbocycles. The number of fused-ring (bicyclic) bond motifs is 1. The number of urea groups is 1. The fraction of sp³-hybridized carbons (Fsp3) is 0.595. The number of hydrogen-bond donors (Lipinski definition) is 2. The Hall–Kier alpha value is -3.83. The number of anilines is 1. The summed E-state index contributed by atoms with van der Waals surface area (Å²) < 4.78 is 11.7. The average molecular weight is 662 g/mol. The molecule has 2 aromatic rings. The lowest BCUT2D eigenvalue weighted by Crippen LogP contribution is -2.53. The molecule has 3 fully saturated rings. The van der Waals surface area contributed by atoms with Gasteiger partial charge in [0.1, 0.15) is 5.75 Å². The largest absolute Gasteiger partial charge is 0.496 e. The first kappa shape index (κ1) is 34.0. The number of carbonyl (C=O) groups is 3. The van der Waals surface area contributed by atoms with Crippen molar-refractivity contribution in [3.05, 3.63) is 58.7 Å². The number of aliphatic hydroxyl groups excluding tert-OH is 1. The van der Waals surface area contributed by atoms with Crippen LogP contribution in [0.4, 0.5) is 15.3 Å². The maximum absolute atomic E-state index is 14.1. The first-order valence-electron chi connectivity index (χ1n) is 17.7. The van der Waals surface area contributed by atoms with Gasteiger partial charge < -0.3 is 39.5 Å². The topological polar surface area (TPSA) is 115 Å². The Kier molecular flexibility index (Phi) is 10.8. The van der Waals surface area contributed by atoms with E-state index in [1.54, 1.807) is 12.0 Å². The molecular weight excluding hydrogens is 610 g/mol. The van der Waals surface area contributed by atoms with E-state index >= 15 is 0 Å². The van der Waals surface area contributed by atoms with Gasteiger partial charge in [-0.05, 0) is 87.1 Å². The van der Waals surface area contributed by atoms with Gasteiger partial charge in [-0.2, -0.15) is 0 Å². The molecule has 0 aromatic heterocycles. The van der Waals surface area contributed by atoms with Crippen LogP contribution in [0, 0.1) is 13.8 Å². The number of amides is 4. The highest BCUT2D eigenvalue weighted by atomic mass is 16.6. The van der Waals surface area contributed by atoms with Crippen molar-refractivity contribution in [1.82, 2.24) is 19.6 Å². The molecule has 260 valence electrons. The summed E-state index contributed by atoms with van der Waals surface area (Å²) in [5.74, 6) is 0.661. The van der Waals surface area contributed by atoms with E-state index in [1.807, 2.05) is 60.0 Å². The standard InChI is InChI=1S/C37H51N5O6/c1-25-22-27(23-26(2)34(25)47-3)24-33(35(44)40-15-9-29(10-16-40)39-19-13-31(43)14-20-39)48-37(46)41-17-11-30(12-18-41)42-21-8-28-6-4-5-7-32(28)38-36(42)45/h4-7,22-23,29-31,33,43H,8-21,24H2,1-3H3,(H,38,45)/t33-/m1/s1. The van der Waals surface area contributed by atoms with Crippen molar-refractivity contribution in [2.45, 2.75) is 89.5 Å². The molecule has 4 amide bonds. The SMILES string of the molecule is COc1c(C)cc(C[C@@H](OC(=O)N2CCC(N3CCc4ccccc4NC3=O)CC2)C(=O)N2CCC(N3CCC(O)CC3)CC2)cc1C. The van der Waals surface area contributed by atoms with Crippen LogP contribution in [0.3, 0.4) is 0 Å². The van der Waals surface area contributed by atoms with Gasteiger partial charge in [0.05, 0.1) is 13.2 Å². The Morgan fingerprint density at radius 3 is 2.17 bits per heavy atom. The minimum absolute atomic E-state index is 0.0236. The zero-order valence-electron chi connectivity index (χ0n) is 28.7. The van der Waals surface area contributed by atoms with Crippen LogP contribution >= 0.6 is 0 Å². The van der Waals surface area contributed by atoms with Gasteiger partial charge in [0, 0.05) is 70.0 Å². The molecule has 0 saturated carbocycles. The van der Waals surface area contributed by atoms with Gasteiger partial charge in [-0.3, -0.25) is 4.79 Å². The van der Waals surface area contributed by atoms with Crippen molar-refractivity contribution < 1.29 is 29.0 Å². The predicted octanol–water partition coefficient (Wildman–Crippen LogP) is 4.36. The smallest absolute Gasteiger partial charge is 0.410 e. The zero-order valence-corrected chi connectivity index (χ0v) is 28.7. The number of methoxy groups -OCH3 is 1. The molecule has 2 aromatic carbocycles. The van der Waals surface area contributed by atoms with Crippen LogP contribution in [0.2, 0.25) is 0 Å². The van der Waals surface area contributed by atoms with E-state index in [2.05, 4.69) is 10.2 Å². The summed E-state index contributed by atoms with van der Waals surface area (Å²) >= 11 is 0. The second-order valence-electron chi connectivity index (χ2n) is 13.9. The molecule has 1 atom stereocenters. The number of piperidine rings is 3. The predicted molar refractivity (Wildman–Crippen MR) is 183 cm³/mol. The lowest BCUT2D eigenvalue weighted by atomic mass is 9.97. The fourth-order valence-electron chi connectivity index (χ4n) is 8.07. The Labute approximate surface area is 284 Å². The number of hydrogen-bond acceptors (Lipinski definition) is 7. The minimum atomic E-state index is -0.945. The molecule has 3 saturated heterocycles. The summed E-state index contributed by atoms with van der Waals surface area (Å²) in [6, 6.07) is 12.2. The molecule has 0 unspecified atom stereocenters. The van der Waals surface area contributed by atoms with E-state index < -0.39 is 12.2 Å². The Balaban J connectivity index is 1.09. The summed E-state index contributed by atoms with van der Waals surface area (Å²) in [4.78, 5) is 48.7. The number of nitrogens with zero attached hydrogens (tertiary/aromatic N) is 4. The number of aliphatic hydroxyl groups is 1. The lowest BCUT2D eigenvalue weighted by Gasteiger charge is -2.41. The van der Waals surface area contributed by atoms with Gasteiger partial charge >= 0.3 is 12.1 Å². The van der Waals surface area contributed by atoms with Gasteiger partial charge in [0.15, 0.2) is 6.10 Å². The van der Waals surface area contributed by atoms with Gasteiger partial charge in [0.2, 0.25) is 0 Å². The first-order valence-corrected chi connectivity index (χ1v) is 17.7. The molecule has 0 bridgehead atoms. The maximum Gasteiger partial charge on any atom is 0.410 e. The van der Waals surface area contributed by atoms with E-state index in [9.17, 15) is 19.5 Å². The van der Waals surface area contributed by atoms with Gasteiger partial charge in [0.25, 0.3) is 5.91 Å². The third-order valence-electron chi connectivity index (χ3n) is 10.8. The molecule has 0 spiro atoms. The number of aryl methyl sites for hydroxylation is 2. The number of para-hydroxylation sites is 1. The second-order valence-corrected chi connectivity index (χ2v) is 13.9. The third-order valence-corrected chi connectivity index (χ3v) is 10.8. The molecule has 4 heterocycles. The normalized spacial score (nSPS) is 20.9. The van der Waals surface area contributed by atoms with E-state index in [0.717, 1.165) is 78.9 Å². The number of nitrogens with one attached hydrogen (secondary N) is 1. The third kappa shape index (κ3) is 7.73. The highest BCUT2D eigenvalue weighted by Crippen LogP contribution is 2.28. The Morgan fingerprint density at radius 1 is 0.875 bits per heavy atom. The molecule has 48 heavy (non-hydrogen) atoms. The molecule has 2 N–H and O–H groups in total. The summed E-state index contributed by atoms with van der Waals surface area (Å²) in [5, 5.41) is 13.0. The van der Waals surface area contributed by atoms with Crippen molar-refractivity contribution in [2.75, 3.05) is 58.2 Å². The number of likely N-dealkylation sites (tertiary alicyclic amines) is 3.